The maximum Gasteiger partial charge on any atom is 0.257 e. The zero-order valence-electron chi connectivity index (χ0n) is 11.8. The smallest absolute Gasteiger partial charge is 0.257 e. The molecule has 110 valence electrons. The van der Waals surface area contributed by atoms with Crippen LogP contribution in [0.5, 0.6) is 0 Å². The van der Waals surface area contributed by atoms with Crippen molar-refractivity contribution in [1.29, 1.82) is 0 Å². The van der Waals surface area contributed by atoms with Gasteiger partial charge in [0.2, 0.25) is 0 Å². The Kier molecular flexibility index (Phi) is 4.60. The predicted octanol–water partition coefficient (Wildman–Crippen LogP) is 1.42. The zero-order valence-corrected chi connectivity index (χ0v) is 12.6. The summed E-state index contributed by atoms with van der Waals surface area (Å²) < 4.78 is 0. The number of hydrogen-bond donors (Lipinski definition) is 1. The summed E-state index contributed by atoms with van der Waals surface area (Å²) in [7, 11) is 0. The molecule has 0 saturated carbocycles. The van der Waals surface area contributed by atoms with Crippen molar-refractivity contribution in [3.63, 3.8) is 0 Å². The monoisotopic (exact) mass is 296 g/mol. The molecule has 20 heavy (non-hydrogen) atoms. The summed E-state index contributed by atoms with van der Waals surface area (Å²) in [6.07, 6.45) is 6.59. The minimum absolute atomic E-state index is 0. The van der Waals surface area contributed by atoms with Crippen LogP contribution in [0.3, 0.4) is 0 Å². The molecule has 0 bridgehead atoms. The molecule has 1 N–H and O–H groups in total. The molecule has 1 aromatic heterocycles. The highest BCUT2D eigenvalue weighted by molar-refractivity contribution is 5.94. The van der Waals surface area contributed by atoms with Gasteiger partial charge in [-0.1, -0.05) is 0 Å². The normalized spacial score (nSPS) is 20.8. The lowest BCUT2D eigenvalue weighted by Gasteiger charge is -2.38. The van der Waals surface area contributed by atoms with E-state index in [1.165, 1.54) is 12.7 Å². The number of amides is 1. The van der Waals surface area contributed by atoms with Crippen molar-refractivity contribution >= 4 is 18.3 Å². The number of nitrogens with zero attached hydrogens (tertiary/aromatic N) is 3. The highest BCUT2D eigenvalue weighted by Crippen LogP contribution is 2.37. The molecule has 3 heterocycles. The summed E-state index contributed by atoms with van der Waals surface area (Å²) in [6, 6.07) is 0. The van der Waals surface area contributed by atoms with Crippen LogP contribution in [0.2, 0.25) is 0 Å². The third-order valence-electron chi connectivity index (χ3n) is 4.59. The van der Waals surface area contributed by atoms with Crippen molar-refractivity contribution in [3.05, 3.63) is 23.8 Å². The maximum atomic E-state index is 12.5. The van der Waals surface area contributed by atoms with Gasteiger partial charge in [0.05, 0.1) is 11.3 Å². The van der Waals surface area contributed by atoms with Crippen LogP contribution in [-0.4, -0.2) is 47.0 Å². The molecule has 2 aliphatic rings. The Morgan fingerprint density at radius 2 is 2.10 bits per heavy atom. The number of likely N-dealkylation sites (tertiary alicyclic amines) is 1. The second-order valence-corrected chi connectivity index (χ2v) is 5.74. The Labute approximate surface area is 125 Å². The molecule has 0 unspecified atom stereocenters. The lowest BCUT2D eigenvalue weighted by atomic mass is 9.78. The molecule has 0 aliphatic carbocycles. The Balaban J connectivity index is 0.00000147. The van der Waals surface area contributed by atoms with E-state index in [9.17, 15) is 4.79 Å². The van der Waals surface area contributed by atoms with E-state index >= 15 is 0 Å². The number of carbonyl (C=O) groups is 1. The second-order valence-electron chi connectivity index (χ2n) is 5.74. The van der Waals surface area contributed by atoms with E-state index in [4.69, 9.17) is 0 Å². The molecule has 2 fully saturated rings. The van der Waals surface area contributed by atoms with Crippen LogP contribution < -0.4 is 5.32 Å². The fraction of sp³-hybridized carbons (Fsp3) is 0.643. The molecule has 6 heteroatoms. The molecule has 2 saturated heterocycles. The molecular formula is C14H21ClN4O. The van der Waals surface area contributed by atoms with Crippen LogP contribution in [0.4, 0.5) is 0 Å². The average Bonchev–Trinajstić information content (AvgIpc) is 2.88. The SMILES string of the molecule is Cc1ncncc1C(=O)N1CCC2(CCNC2)CC1.Cl. The minimum Gasteiger partial charge on any atom is -0.339 e. The van der Waals surface area contributed by atoms with Gasteiger partial charge in [-0.05, 0) is 38.1 Å². The topological polar surface area (TPSA) is 58.1 Å². The standard InChI is InChI=1S/C14H20N4O.ClH/c1-11-12(8-16-10-17-11)13(19)18-6-3-14(4-7-18)2-5-15-9-14;/h8,10,15H,2-7,9H2,1H3;1H. The Bertz CT molecular complexity index is 478. The molecular weight excluding hydrogens is 276 g/mol. The van der Waals surface area contributed by atoms with Crippen LogP contribution >= 0.6 is 12.4 Å². The van der Waals surface area contributed by atoms with E-state index in [1.807, 2.05) is 11.8 Å². The number of halogens is 1. The van der Waals surface area contributed by atoms with Crippen molar-refractivity contribution < 1.29 is 4.79 Å². The van der Waals surface area contributed by atoms with Gasteiger partial charge in [-0.2, -0.15) is 0 Å². The van der Waals surface area contributed by atoms with E-state index in [0.717, 1.165) is 44.7 Å². The van der Waals surface area contributed by atoms with Crippen LogP contribution in [0, 0.1) is 12.3 Å². The van der Waals surface area contributed by atoms with E-state index in [-0.39, 0.29) is 18.3 Å². The fourth-order valence-electron chi connectivity index (χ4n) is 3.18. The van der Waals surface area contributed by atoms with Gasteiger partial charge in [0.15, 0.2) is 0 Å². The Morgan fingerprint density at radius 3 is 2.70 bits per heavy atom. The first-order valence-corrected chi connectivity index (χ1v) is 6.97. The van der Waals surface area contributed by atoms with Crippen molar-refractivity contribution in [1.82, 2.24) is 20.2 Å². The first-order valence-electron chi connectivity index (χ1n) is 6.97. The van der Waals surface area contributed by atoms with Gasteiger partial charge < -0.3 is 10.2 Å². The van der Waals surface area contributed by atoms with Crippen molar-refractivity contribution in [3.8, 4) is 0 Å². The summed E-state index contributed by atoms with van der Waals surface area (Å²) >= 11 is 0. The second kappa shape index (κ2) is 6.06. The maximum absolute atomic E-state index is 12.5. The largest absolute Gasteiger partial charge is 0.339 e. The van der Waals surface area contributed by atoms with Gasteiger partial charge in [0.1, 0.15) is 6.33 Å². The summed E-state index contributed by atoms with van der Waals surface area (Å²) in [5.41, 5.74) is 1.85. The Morgan fingerprint density at radius 1 is 1.35 bits per heavy atom. The number of aromatic nitrogens is 2. The van der Waals surface area contributed by atoms with E-state index in [0.29, 0.717) is 11.0 Å². The zero-order chi connectivity index (χ0) is 13.3. The summed E-state index contributed by atoms with van der Waals surface area (Å²) in [6.45, 7) is 5.81. The highest BCUT2D eigenvalue weighted by Gasteiger charge is 2.38. The van der Waals surface area contributed by atoms with Gasteiger partial charge in [-0.3, -0.25) is 4.79 Å². The Hall–Kier alpha value is -1.20. The number of hydrogen-bond acceptors (Lipinski definition) is 4. The number of aryl methyl sites for hydroxylation is 1. The van der Waals surface area contributed by atoms with Crippen LogP contribution in [0.1, 0.15) is 35.3 Å². The van der Waals surface area contributed by atoms with E-state index in [1.54, 1.807) is 6.20 Å². The quantitative estimate of drug-likeness (QED) is 0.851. The summed E-state index contributed by atoms with van der Waals surface area (Å²) in [4.78, 5) is 22.5. The molecule has 1 amide bonds. The molecule has 3 rings (SSSR count). The minimum atomic E-state index is 0. The lowest BCUT2D eigenvalue weighted by Crippen LogP contribution is -2.44. The average molecular weight is 297 g/mol. The van der Waals surface area contributed by atoms with Gasteiger partial charge in [-0.15, -0.1) is 12.4 Å². The molecule has 2 aliphatic heterocycles. The van der Waals surface area contributed by atoms with Gasteiger partial charge in [0, 0.05) is 25.8 Å². The molecule has 1 spiro atoms. The van der Waals surface area contributed by atoms with Crippen LogP contribution in [0.25, 0.3) is 0 Å². The molecule has 0 atom stereocenters. The van der Waals surface area contributed by atoms with Gasteiger partial charge in [0.25, 0.3) is 5.91 Å². The lowest BCUT2D eigenvalue weighted by molar-refractivity contribution is 0.0606. The molecule has 0 aromatic carbocycles. The van der Waals surface area contributed by atoms with Crippen molar-refractivity contribution in [2.75, 3.05) is 26.2 Å². The molecule has 0 radical (unpaired) electrons. The summed E-state index contributed by atoms with van der Waals surface area (Å²) in [5.74, 6) is 0.0823. The number of rotatable bonds is 1. The molecule has 1 aromatic rings. The van der Waals surface area contributed by atoms with Crippen molar-refractivity contribution in [2.45, 2.75) is 26.2 Å². The number of nitrogens with one attached hydrogen (secondary N) is 1. The first kappa shape index (κ1) is 15.2. The van der Waals surface area contributed by atoms with Crippen molar-refractivity contribution in [2.24, 2.45) is 5.41 Å². The van der Waals surface area contributed by atoms with Crippen LogP contribution in [-0.2, 0) is 0 Å². The summed E-state index contributed by atoms with van der Waals surface area (Å²) in [5, 5.41) is 3.44. The fourth-order valence-corrected chi connectivity index (χ4v) is 3.18. The number of carbonyl (C=O) groups excluding carboxylic acids is 1. The third-order valence-corrected chi connectivity index (χ3v) is 4.59. The third kappa shape index (κ3) is 2.79. The highest BCUT2D eigenvalue weighted by atomic mass is 35.5. The van der Waals surface area contributed by atoms with E-state index in [2.05, 4.69) is 15.3 Å². The number of piperidine rings is 1. The van der Waals surface area contributed by atoms with E-state index < -0.39 is 0 Å². The first-order chi connectivity index (χ1) is 9.20. The molecule has 5 nitrogen and oxygen atoms in total. The predicted molar refractivity (Wildman–Crippen MR) is 79.1 cm³/mol. The van der Waals surface area contributed by atoms with Crippen LogP contribution in [0.15, 0.2) is 12.5 Å². The van der Waals surface area contributed by atoms with Gasteiger partial charge >= 0.3 is 0 Å². The van der Waals surface area contributed by atoms with Gasteiger partial charge in [-0.25, -0.2) is 9.97 Å².